The molecule has 0 fully saturated rings. The third kappa shape index (κ3) is 2.58. The molecule has 0 bridgehead atoms. The summed E-state index contributed by atoms with van der Waals surface area (Å²) in [6.45, 7) is 0. The molecule has 15 heavy (non-hydrogen) atoms. The second-order valence-electron chi connectivity index (χ2n) is 2.66. The van der Waals surface area contributed by atoms with Gasteiger partial charge in [0.1, 0.15) is 6.07 Å². The van der Waals surface area contributed by atoms with Crippen molar-refractivity contribution in [2.24, 2.45) is 0 Å². The van der Waals surface area contributed by atoms with Gasteiger partial charge >= 0.3 is 5.97 Å². The summed E-state index contributed by atoms with van der Waals surface area (Å²) in [5.41, 5.74) is 0.423. The van der Waals surface area contributed by atoms with E-state index in [1.165, 1.54) is 7.11 Å². The van der Waals surface area contributed by atoms with Crippen LogP contribution in [-0.4, -0.2) is 13.1 Å². The number of carbonyl (C=O) groups is 1. The van der Waals surface area contributed by atoms with Crippen LogP contribution in [0.5, 0.6) is 0 Å². The molecule has 0 atom stereocenters. The first-order valence-electron chi connectivity index (χ1n) is 4.14. The summed E-state index contributed by atoms with van der Waals surface area (Å²) in [5.74, 6) is -0.730. The molecule has 4 heteroatoms. The third-order valence-electron chi connectivity index (χ3n) is 1.75. The van der Waals surface area contributed by atoms with E-state index in [9.17, 15) is 4.79 Å². The van der Waals surface area contributed by atoms with Gasteiger partial charge in [0, 0.05) is 0 Å². The molecule has 0 saturated heterocycles. The number of hydrogen-bond acceptors (Lipinski definition) is 3. The van der Waals surface area contributed by atoms with Crippen LogP contribution in [0.2, 0.25) is 0 Å². The number of methoxy groups -OCH3 is 1. The predicted molar refractivity (Wildman–Crippen MR) is 56.8 cm³/mol. The zero-order chi connectivity index (χ0) is 11.3. The number of halogens is 1. The molecule has 1 aromatic rings. The smallest absolute Gasteiger partial charge is 0.350 e. The minimum Gasteiger partial charge on any atom is -0.465 e. The first-order valence-corrected chi connectivity index (χ1v) is 4.52. The molecule has 0 aliphatic carbocycles. The highest BCUT2D eigenvalue weighted by molar-refractivity contribution is 6.51. The molecule has 0 saturated carbocycles. The third-order valence-corrected chi connectivity index (χ3v) is 2.16. The average Bonchev–Trinajstić information content (AvgIpc) is 2.30. The minimum absolute atomic E-state index is 0.102. The van der Waals surface area contributed by atoms with Crippen molar-refractivity contribution in [1.29, 1.82) is 5.26 Å². The van der Waals surface area contributed by atoms with Crippen molar-refractivity contribution in [3.05, 3.63) is 41.5 Å². The van der Waals surface area contributed by atoms with Crippen LogP contribution in [0.1, 0.15) is 5.56 Å². The Balaban J connectivity index is 3.20. The summed E-state index contributed by atoms with van der Waals surface area (Å²) >= 11 is 5.90. The van der Waals surface area contributed by atoms with Crippen molar-refractivity contribution in [3.8, 4) is 6.07 Å². The molecule has 0 aliphatic rings. The number of ether oxygens (including phenoxy) is 1. The first-order chi connectivity index (χ1) is 7.20. The molecule has 0 heterocycles. The molecule has 0 spiro atoms. The molecule has 3 nitrogen and oxygen atoms in total. The molecule has 1 aromatic carbocycles. The van der Waals surface area contributed by atoms with Crippen LogP contribution in [0.3, 0.4) is 0 Å². The second-order valence-corrected chi connectivity index (χ2v) is 3.04. The monoisotopic (exact) mass is 221 g/mol. The maximum atomic E-state index is 11.2. The maximum Gasteiger partial charge on any atom is 0.350 e. The van der Waals surface area contributed by atoms with Gasteiger partial charge < -0.3 is 4.74 Å². The molecule has 0 unspecified atom stereocenters. The molecule has 0 N–H and O–H groups in total. The van der Waals surface area contributed by atoms with Crippen LogP contribution in [0.25, 0.3) is 5.03 Å². The van der Waals surface area contributed by atoms with E-state index in [-0.39, 0.29) is 10.6 Å². The number of nitrogens with zero attached hydrogens (tertiary/aromatic N) is 1. The van der Waals surface area contributed by atoms with Gasteiger partial charge in [-0.2, -0.15) is 5.26 Å². The van der Waals surface area contributed by atoms with Crippen molar-refractivity contribution in [3.63, 3.8) is 0 Å². The van der Waals surface area contributed by atoms with Gasteiger partial charge in [-0.15, -0.1) is 0 Å². The van der Waals surface area contributed by atoms with Gasteiger partial charge in [0.25, 0.3) is 0 Å². The predicted octanol–water partition coefficient (Wildman–Crippen LogP) is 2.33. The van der Waals surface area contributed by atoms with Gasteiger partial charge in [0.05, 0.1) is 12.1 Å². The Kier molecular flexibility index (Phi) is 3.90. The fourth-order valence-corrected chi connectivity index (χ4v) is 1.26. The van der Waals surface area contributed by atoms with Gasteiger partial charge in [-0.25, -0.2) is 4.79 Å². The Bertz CT molecular complexity index is 432. The topological polar surface area (TPSA) is 50.1 Å². The lowest BCUT2D eigenvalue weighted by Crippen LogP contribution is -2.04. The summed E-state index contributed by atoms with van der Waals surface area (Å²) < 4.78 is 4.44. The molecule has 0 amide bonds. The highest BCUT2D eigenvalue weighted by Crippen LogP contribution is 2.23. The molecule has 0 aliphatic heterocycles. The lowest BCUT2D eigenvalue weighted by atomic mass is 10.1. The van der Waals surface area contributed by atoms with E-state index in [0.29, 0.717) is 5.56 Å². The van der Waals surface area contributed by atoms with Crippen LogP contribution in [0, 0.1) is 11.3 Å². The van der Waals surface area contributed by atoms with Crippen LogP contribution in [0.15, 0.2) is 35.9 Å². The standard InChI is InChI=1S/C11H8ClNO2/c1-15-11(14)9(7-13)10(12)8-5-3-2-4-6-8/h2-6H,1H3. The number of benzene rings is 1. The normalized spacial score (nSPS) is 11.3. The Morgan fingerprint density at radius 1 is 1.40 bits per heavy atom. The van der Waals surface area contributed by atoms with Crippen LogP contribution in [-0.2, 0) is 9.53 Å². The lowest BCUT2D eigenvalue weighted by Gasteiger charge is -2.01. The van der Waals surface area contributed by atoms with Gasteiger partial charge in [0.15, 0.2) is 5.57 Å². The number of esters is 1. The number of carbonyl (C=O) groups excluding carboxylic acids is 1. The largest absolute Gasteiger partial charge is 0.465 e. The molecule has 76 valence electrons. The number of hydrogen-bond donors (Lipinski definition) is 0. The summed E-state index contributed by atoms with van der Waals surface area (Å²) in [6.07, 6.45) is 0. The molecule has 1 rings (SSSR count). The lowest BCUT2D eigenvalue weighted by molar-refractivity contribution is -0.135. The fraction of sp³-hybridized carbons (Fsp3) is 0.0909. The zero-order valence-corrected chi connectivity index (χ0v) is 8.78. The Hall–Kier alpha value is -1.79. The average molecular weight is 222 g/mol. The van der Waals surface area contributed by atoms with E-state index < -0.39 is 5.97 Å². The van der Waals surface area contributed by atoms with E-state index in [2.05, 4.69) is 4.74 Å². The summed E-state index contributed by atoms with van der Waals surface area (Å²) in [4.78, 5) is 11.2. The maximum absolute atomic E-state index is 11.2. The van der Waals surface area contributed by atoms with Crippen LogP contribution in [0.4, 0.5) is 0 Å². The van der Waals surface area contributed by atoms with Crippen molar-refractivity contribution >= 4 is 22.6 Å². The quantitative estimate of drug-likeness (QED) is 0.438. The highest BCUT2D eigenvalue weighted by Gasteiger charge is 2.15. The van der Waals surface area contributed by atoms with Gasteiger partial charge in [-0.3, -0.25) is 0 Å². The SMILES string of the molecule is COC(=O)C(C#N)=C(Cl)c1ccccc1. The summed E-state index contributed by atoms with van der Waals surface area (Å²) in [6, 6.07) is 10.5. The van der Waals surface area contributed by atoms with E-state index in [0.717, 1.165) is 0 Å². The van der Waals surface area contributed by atoms with Crippen molar-refractivity contribution in [1.82, 2.24) is 0 Å². The summed E-state index contributed by atoms with van der Waals surface area (Å²) in [5, 5.41) is 8.87. The number of nitriles is 1. The van der Waals surface area contributed by atoms with Crippen molar-refractivity contribution < 1.29 is 9.53 Å². The van der Waals surface area contributed by atoms with Crippen LogP contribution >= 0.6 is 11.6 Å². The van der Waals surface area contributed by atoms with Gasteiger partial charge in [-0.1, -0.05) is 41.9 Å². The molecular weight excluding hydrogens is 214 g/mol. The Morgan fingerprint density at radius 2 is 2.00 bits per heavy atom. The van der Waals surface area contributed by atoms with E-state index in [1.54, 1.807) is 30.3 Å². The number of rotatable bonds is 2. The van der Waals surface area contributed by atoms with Gasteiger partial charge in [-0.05, 0) is 5.56 Å². The summed E-state index contributed by atoms with van der Waals surface area (Å²) in [7, 11) is 1.20. The molecule has 0 radical (unpaired) electrons. The zero-order valence-electron chi connectivity index (χ0n) is 8.03. The van der Waals surface area contributed by atoms with Crippen LogP contribution < -0.4 is 0 Å². The minimum atomic E-state index is -0.730. The fourth-order valence-electron chi connectivity index (χ4n) is 1.02. The van der Waals surface area contributed by atoms with Crippen molar-refractivity contribution in [2.75, 3.05) is 7.11 Å². The highest BCUT2D eigenvalue weighted by atomic mass is 35.5. The van der Waals surface area contributed by atoms with E-state index in [1.807, 2.05) is 6.07 Å². The Labute approximate surface area is 92.5 Å². The van der Waals surface area contributed by atoms with Crippen molar-refractivity contribution in [2.45, 2.75) is 0 Å². The second kappa shape index (κ2) is 5.18. The molecule has 0 aromatic heterocycles. The first kappa shape index (κ1) is 11.3. The van der Waals surface area contributed by atoms with Gasteiger partial charge in [0.2, 0.25) is 0 Å². The molecular formula is C11H8ClNO2. The Morgan fingerprint density at radius 3 is 2.47 bits per heavy atom. The van der Waals surface area contributed by atoms with E-state index in [4.69, 9.17) is 16.9 Å². The van der Waals surface area contributed by atoms with E-state index >= 15 is 0 Å².